The summed E-state index contributed by atoms with van der Waals surface area (Å²) in [5.41, 5.74) is 5.78. The minimum absolute atomic E-state index is 0.153. The molecule has 24 heavy (non-hydrogen) atoms. The summed E-state index contributed by atoms with van der Waals surface area (Å²) in [6.07, 6.45) is 1.60. The van der Waals surface area contributed by atoms with Crippen molar-refractivity contribution >= 4 is 23.7 Å². The molecule has 2 aromatic rings. The molecule has 0 saturated heterocycles. The summed E-state index contributed by atoms with van der Waals surface area (Å²) in [5.74, 6) is 0.0240. The average Bonchev–Trinajstić information content (AvgIpc) is 2.55. The van der Waals surface area contributed by atoms with E-state index in [0.29, 0.717) is 17.2 Å². The van der Waals surface area contributed by atoms with Crippen LogP contribution in [0, 0.1) is 0 Å². The highest BCUT2D eigenvalue weighted by molar-refractivity contribution is 5.96. The van der Waals surface area contributed by atoms with Gasteiger partial charge in [-0.3, -0.25) is 9.59 Å². The lowest BCUT2D eigenvalue weighted by molar-refractivity contribution is -0.114. The van der Waals surface area contributed by atoms with E-state index in [1.165, 1.54) is 12.5 Å². The molecular weight excluding hydrogens is 302 g/mol. The molecule has 0 unspecified atom stereocenters. The highest BCUT2D eigenvalue weighted by Gasteiger charge is 2.04. The number of nitrogens with one attached hydrogen (secondary N) is 2. The van der Waals surface area contributed by atoms with Crippen molar-refractivity contribution in [1.29, 1.82) is 0 Å². The third-order valence-corrected chi connectivity index (χ3v) is 3.45. The van der Waals surface area contributed by atoms with Gasteiger partial charge in [0.15, 0.2) is 0 Å². The molecule has 0 fully saturated rings. The molecule has 5 nitrogen and oxygen atoms in total. The van der Waals surface area contributed by atoms with Crippen LogP contribution in [0.25, 0.3) is 0 Å². The number of hydrazone groups is 1. The van der Waals surface area contributed by atoms with Crippen molar-refractivity contribution in [1.82, 2.24) is 5.43 Å². The van der Waals surface area contributed by atoms with E-state index in [0.717, 1.165) is 5.56 Å². The first-order chi connectivity index (χ1) is 11.5. The maximum Gasteiger partial charge on any atom is 0.271 e. The number of hydrogen-bond donors (Lipinski definition) is 2. The first-order valence-electron chi connectivity index (χ1n) is 7.76. The SMILES string of the molecule is CC(=O)Nc1ccc(C(=O)N/N=C\c2ccc(C(C)C)cc2)cc1. The zero-order chi connectivity index (χ0) is 17.5. The predicted octanol–water partition coefficient (Wildman–Crippen LogP) is 3.53. The molecule has 0 aliphatic heterocycles. The summed E-state index contributed by atoms with van der Waals surface area (Å²) in [6, 6.07) is 14.6. The van der Waals surface area contributed by atoms with Gasteiger partial charge in [-0.15, -0.1) is 0 Å². The van der Waals surface area contributed by atoms with Crippen molar-refractivity contribution in [2.45, 2.75) is 26.7 Å². The van der Waals surface area contributed by atoms with E-state index in [1.54, 1.807) is 30.5 Å². The van der Waals surface area contributed by atoms with E-state index in [4.69, 9.17) is 0 Å². The molecule has 2 N–H and O–H groups in total. The molecule has 0 spiro atoms. The number of nitrogens with zero attached hydrogens (tertiary/aromatic N) is 1. The van der Waals surface area contributed by atoms with Gasteiger partial charge < -0.3 is 5.32 Å². The monoisotopic (exact) mass is 323 g/mol. The summed E-state index contributed by atoms with van der Waals surface area (Å²) in [5, 5.41) is 6.62. The van der Waals surface area contributed by atoms with Crippen LogP contribution in [0.3, 0.4) is 0 Å². The summed E-state index contributed by atoms with van der Waals surface area (Å²) >= 11 is 0. The molecule has 0 bridgehead atoms. The van der Waals surface area contributed by atoms with E-state index < -0.39 is 0 Å². The summed E-state index contributed by atoms with van der Waals surface area (Å²) in [4.78, 5) is 23.0. The maximum atomic E-state index is 12.0. The quantitative estimate of drug-likeness (QED) is 0.653. The van der Waals surface area contributed by atoms with Gasteiger partial charge in [0.25, 0.3) is 5.91 Å². The number of carbonyl (C=O) groups excluding carboxylic acids is 2. The van der Waals surface area contributed by atoms with Crippen LogP contribution in [0.15, 0.2) is 53.6 Å². The number of anilines is 1. The van der Waals surface area contributed by atoms with Gasteiger partial charge in [-0.25, -0.2) is 5.43 Å². The number of benzene rings is 2. The van der Waals surface area contributed by atoms with Gasteiger partial charge in [0.1, 0.15) is 0 Å². The Morgan fingerprint density at radius 2 is 1.62 bits per heavy atom. The van der Waals surface area contributed by atoms with Crippen molar-refractivity contribution in [3.63, 3.8) is 0 Å². The van der Waals surface area contributed by atoms with Gasteiger partial charge in [0.2, 0.25) is 5.91 Å². The Balaban J connectivity index is 1.93. The van der Waals surface area contributed by atoms with Crippen molar-refractivity contribution < 1.29 is 9.59 Å². The van der Waals surface area contributed by atoms with Crippen LogP contribution in [0.5, 0.6) is 0 Å². The van der Waals surface area contributed by atoms with Gasteiger partial charge in [-0.2, -0.15) is 5.10 Å². The Labute approximate surface area is 141 Å². The van der Waals surface area contributed by atoms with E-state index in [9.17, 15) is 9.59 Å². The molecule has 0 radical (unpaired) electrons. The smallest absolute Gasteiger partial charge is 0.271 e. The van der Waals surface area contributed by atoms with E-state index >= 15 is 0 Å². The Bertz CT molecular complexity index is 732. The fourth-order valence-electron chi connectivity index (χ4n) is 2.11. The number of hydrogen-bond acceptors (Lipinski definition) is 3. The molecule has 0 aliphatic carbocycles. The topological polar surface area (TPSA) is 70.6 Å². The fraction of sp³-hybridized carbons (Fsp3) is 0.211. The number of carbonyl (C=O) groups is 2. The number of amides is 2. The Kier molecular flexibility index (Phi) is 5.84. The number of rotatable bonds is 5. The molecule has 0 aromatic heterocycles. The van der Waals surface area contributed by atoms with Crippen molar-refractivity contribution in [2.24, 2.45) is 5.10 Å². The van der Waals surface area contributed by atoms with Gasteiger partial charge >= 0.3 is 0 Å². The van der Waals surface area contributed by atoms with Crippen LogP contribution >= 0.6 is 0 Å². The summed E-state index contributed by atoms with van der Waals surface area (Å²) in [6.45, 7) is 5.71. The van der Waals surface area contributed by atoms with Crippen LogP contribution < -0.4 is 10.7 Å². The second-order valence-corrected chi connectivity index (χ2v) is 5.78. The Morgan fingerprint density at radius 1 is 1.00 bits per heavy atom. The van der Waals surface area contributed by atoms with Gasteiger partial charge in [-0.1, -0.05) is 38.1 Å². The third-order valence-electron chi connectivity index (χ3n) is 3.45. The van der Waals surface area contributed by atoms with Crippen LogP contribution in [0.2, 0.25) is 0 Å². The van der Waals surface area contributed by atoms with Crippen LogP contribution in [-0.2, 0) is 4.79 Å². The Hall–Kier alpha value is -2.95. The average molecular weight is 323 g/mol. The minimum Gasteiger partial charge on any atom is -0.326 e. The highest BCUT2D eigenvalue weighted by atomic mass is 16.2. The standard InChI is InChI=1S/C19H21N3O2/c1-13(2)16-6-4-15(5-7-16)12-20-22-19(24)17-8-10-18(11-9-17)21-14(3)23/h4-13H,1-3H3,(H,21,23)(H,22,24)/b20-12-. The van der Waals surface area contributed by atoms with Crippen LogP contribution in [-0.4, -0.2) is 18.0 Å². The van der Waals surface area contributed by atoms with E-state index in [2.05, 4.69) is 41.8 Å². The molecule has 2 aromatic carbocycles. The molecule has 0 heterocycles. The molecule has 124 valence electrons. The first-order valence-corrected chi connectivity index (χ1v) is 7.76. The van der Waals surface area contributed by atoms with E-state index in [1.807, 2.05) is 12.1 Å². The molecular formula is C19H21N3O2. The predicted molar refractivity (Wildman–Crippen MR) is 96.3 cm³/mol. The fourth-order valence-corrected chi connectivity index (χ4v) is 2.11. The third kappa shape index (κ3) is 5.05. The second-order valence-electron chi connectivity index (χ2n) is 5.78. The second kappa shape index (κ2) is 8.06. The summed E-state index contributed by atoms with van der Waals surface area (Å²) in [7, 11) is 0. The highest BCUT2D eigenvalue weighted by Crippen LogP contribution is 2.14. The molecule has 0 aliphatic rings. The molecule has 2 rings (SSSR count). The normalized spacial score (nSPS) is 10.8. The van der Waals surface area contributed by atoms with Crippen molar-refractivity contribution in [3.05, 3.63) is 65.2 Å². The van der Waals surface area contributed by atoms with Crippen LogP contribution in [0.1, 0.15) is 48.2 Å². The Morgan fingerprint density at radius 3 is 2.17 bits per heavy atom. The largest absolute Gasteiger partial charge is 0.326 e. The first kappa shape index (κ1) is 17.4. The lowest BCUT2D eigenvalue weighted by Gasteiger charge is -2.05. The molecule has 5 heteroatoms. The van der Waals surface area contributed by atoms with Crippen molar-refractivity contribution in [2.75, 3.05) is 5.32 Å². The molecule has 2 amide bonds. The lowest BCUT2D eigenvalue weighted by atomic mass is 10.0. The van der Waals surface area contributed by atoms with Crippen LogP contribution in [0.4, 0.5) is 5.69 Å². The minimum atomic E-state index is -0.306. The maximum absolute atomic E-state index is 12.0. The van der Waals surface area contributed by atoms with Gasteiger partial charge in [0, 0.05) is 18.2 Å². The zero-order valence-electron chi connectivity index (χ0n) is 14.0. The van der Waals surface area contributed by atoms with Gasteiger partial charge in [0.05, 0.1) is 6.21 Å². The van der Waals surface area contributed by atoms with Gasteiger partial charge in [-0.05, 0) is 41.3 Å². The van der Waals surface area contributed by atoms with Crippen molar-refractivity contribution in [3.8, 4) is 0 Å². The zero-order valence-corrected chi connectivity index (χ0v) is 14.0. The summed E-state index contributed by atoms with van der Waals surface area (Å²) < 4.78 is 0. The lowest BCUT2D eigenvalue weighted by Crippen LogP contribution is -2.17. The van der Waals surface area contributed by atoms with E-state index in [-0.39, 0.29) is 11.8 Å². The molecule has 0 atom stereocenters. The molecule has 0 saturated carbocycles.